The van der Waals surface area contributed by atoms with Crippen molar-refractivity contribution in [2.24, 2.45) is 5.92 Å². The van der Waals surface area contributed by atoms with Gasteiger partial charge in [-0.25, -0.2) is 0 Å². The van der Waals surface area contributed by atoms with E-state index in [0.717, 1.165) is 19.1 Å². The Morgan fingerprint density at radius 1 is 1.50 bits per heavy atom. The largest absolute Gasteiger partial charge is 0.377 e. The van der Waals surface area contributed by atoms with Crippen molar-refractivity contribution in [3.63, 3.8) is 0 Å². The van der Waals surface area contributed by atoms with Crippen LogP contribution in [0.2, 0.25) is 0 Å². The van der Waals surface area contributed by atoms with Gasteiger partial charge in [-0.05, 0) is 32.2 Å². The van der Waals surface area contributed by atoms with Gasteiger partial charge in [0.25, 0.3) is 0 Å². The van der Waals surface area contributed by atoms with Crippen molar-refractivity contribution in [1.82, 2.24) is 5.32 Å². The van der Waals surface area contributed by atoms with Crippen LogP contribution >= 0.6 is 0 Å². The number of rotatable bonds is 4. The quantitative estimate of drug-likeness (QED) is 0.696. The zero-order valence-corrected chi connectivity index (χ0v) is 8.47. The van der Waals surface area contributed by atoms with Crippen molar-refractivity contribution >= 4 is 0 Å². The summed E-state index contributed by atoms with van der Waals surface area (Å²) in [6.45, 7) is 8.74. The maximum atomic E-state index is 5.46. The third-order valence-electron chi connectivity index (χ3n) is 2.50. The Labute approximate surface area is 75.7 Å². The van der Waals surface area contributed by atoms with Gasteiger partial charge in [0.15, 0.2) is 0 Å². The summed E-state index contributed by atoms with van der Waals surface area (Å²) in [7, 11) is 0. The molecule has 2 atom stereocenters. The second-order valence-corrected chi connectivity index (χ2v) is 4.11. The molecule has 0 radical (unpaired) electrons. The molecule has 72 valence electrons. The summed E-state index contributed by atoms with van der Waals surface area (Å²) in [4.78, 5) is 0. The first-order valence-electron chi connectivity index (χ1n) is 5.05. The Hall–Kier alpha value is -0.0800. The predicted octanol–water partition coefficient (Wildman–Crippen LogP) is 1.80. The summed E-state index contributed by atoms with van der Waals surface area (Å²) in [6, 6.07) is 0.601. The molecular weight excluding hydrogens is 150 g/mol. The van der Waals surface area contributed by atoms with E-state index in [1.807, 2.05) is 0 Å². The molecule has 1 aliphatic rings. The smallest absolute Gasteiger partial charge is 0.0700 e. The molecule has 0 aliphatic carbocycles. The molecule has 0 amide bonds. The van der Waals surface area contributed by atoms with Crippen LogP contribution < -0.4 is 5.32 Å². The maximum Gasteiger partial charge on any atom is 0.0700 e. The Kier molecular flexibility index (Phi) is 4.02. The van der Waals surface area contributed by atoms with E-state index in [1.165, 1.54) is 12.8 Å². The lowest BCUT2D eigenvalue weighted by molar-refractivity contribution is 0.113. The molecule has 1 N–H and O–H groups in total. The van der Waals surface area contributed by atoms with Gasteiger partial charge >= 0.3 is 0 Å². The van der Waals surface area contributed by atoms with Crippen LogP contribution in [-0.2, 0) is 4.74 Å². The average Bonchev–Trinajstić information content (AvgIpc) is 2.36. The van der Waals surface area contributed by atoms with Crippen LogP contribution in [0.25, 0.3) is 0 Å². The van der Waals surface area contributed by atoms with Gasteiger partial charge < -0.3 is 10.1 Å². The van der Waals surface area contributed by atoms with E-state index in [-0.39, 0.29) is 0 Å². The minimum Gasteiger partial charge on any atom is -0.377 e. The summed E-state index contributed by atoms with van der Waals surface area (Å²) < 4.78 is 5.46. The van der Waals surface area contributed by atoms with Gasteiger partial charge in [-0.3, -0.25) is 0 Å². The molecule has 2 heteroatoms. The average molecular weight is 171 g/mol. The molecule has 1 fully saturated rings. The number of hydrogen-bond donors (Lipinski definition) is 1. The molecule has 0 aromatic carbocycles. The summed E-state index contributed by atoms with van der Waals surface area (Å²) in [5.74, 6) is 0.801. The summed E-state index contributed by atoms with van der Waals surface area (Å²) >= 11 is 0. The van der Waals surface area contributed by atoms with Gasteiger partial charge in [-0.15, -0.1) is 0 Å². The van der Waals surface area contributed by atoms with Gasteiger partial charge in [0.2, 0.25) is 0 Å². The Morgan fingerprint density at radius 2 is 2.25 bits per heavy atom. The summed E-state index contributed by atoms with van der Waals surface area (Å²) in [5.41, 5.74) is 0. The molecule has 1 rings (SSSR count). The first-order valence-corrected chi connectivity index (χ1v) is 5.05. The third kappa shape index (κ3) is 3.11. The van der Waals surface area contributed by atoms with Crippen LogP contribution in [0.3, 0.4) is 0 Å². The minimum absolute atomic E-state index is 0.414. The van der Waals surface area contributed by atoms with E-state index in [2.05, 4.69) is 26.1 Å². The fourth-order valence-electron chi connectivity index (χ4n) is 1.56. The number of hydrogen-bond acceptors (Lipinski definition) is 2. The first kappa shape index (κ1) is 10.0. The lowest BCUT2D eigenvalue weighted by atomic mass is 10.1. The van der Waals surface area contributed by atoms with Crippen molar-refractivity contribution in [3.8, 4) is 0 Å². The van der Waals surface area contributed by atoms with Crippen LogP contribution in [0.1, 0.15) is 33.6 Å². The highest BCUT2D eigenvalue weighted by Crippen LogP contribution is 2.12. The van der Waals surface area contributed by atoms with Gasteiger partial charge in [0.05, 0.1) is 6.10 Å². The van der Waals surface area contributed by atoms with Crippen LogP contribution in [0, 0.1) is 5.92 Å². The first-order chi connectivity index (χ1) is 5.70. The van der Waals surface area contributed by atoms with Gasteiger partial charge in [-0.2, -0.15) is 0 Å². The molecule has 12 heavy (non-hydrogen) atoms. The van der Waals surface area contributed by atoms with E-state index < -0.39 is 0 Å². The Balaban J connectivity index is 2.06. The molecule has 1 aliphatic heterocycles. The van der Waals surface area contributed by atoms with Crippen molar-refractivity contribution in [2.75, 3.05) is 13.2 Å². The summed E-state index contributed by atoms with van der Waals surface area (Å²) in [5, 5.41) is 3.54. The highest BCUT2D eigenvalue weighted by atomic mass is 16.5. The van der Waals surface area contributed by atoms with Crippen LogP contribution in [0.5, 0.6) is 0 Å². The van der Waals surface area contributed by atoms with Crippen LogP contribution in [-0.4, -0.2) is 25.3 Å². The second-order valence-electron chi connectivity index (χ2n) is 4.11. The number of nitrogens with one attached hydrogen (secondary N) is 1. The Morgan fingerprint density at radius 3 is 2.75 bits per heavy atom. The predicted molar refractivity (Wildman–Crippen MR) is 51.3 cm³/mol. The molecule has 0 aromatic rings. The zero-order valence-electron chi connectivity index (χ0n) is 8.47. The highest BCUT2D eigenvalue weighted by Gasteiger charge is 2.22. The molecule has 0 spiro atoms. The standard InChI is InChI=1S/C10H21NO/c1-8(2)4-6-11-10-5-7-12-9(10)3/h8-11H,4-7H2,1-3H3/t9-,10+/m1/s1. The van der Waals surface area contributed by atoms with E-state index in [0.29, 0.717) is 12.1 Å². The van der Waals surface area contributed by atoms with Gasteiger partial charge in [-0.1, -0.05) is 13.8 Å². The fraction of sp³-hybridized carbons (Fsp3) is 1.00. The molecule has 1 heterocycles. The third-order valence-corrected chi connectivity index (χ3v) is 2.50. The van der Waals surface area contributed by atoms with E-state index in [9.17, 15) is 0 Å². The molecule has 0 unspecified atom stereocenters. The lowest BCUT2D eigenvalue weighted by Crippen LogP contribution is -2.35. The van der Waals surface area contributed by atoms with Crippen molar-refractivity contribution in [3.05, 3.63) is 0 Å². The van der Waals surface area contributed by atoms with Crippen molar-refractivity contribution < 1.29 is 4.74 Å². The summed E-state index contributed by atoms with van der Waals surface area (Å²) in [6.07, 6.45) is 2.86. The molecule has 2 nitrogen and oxygen atoms in total. The highest BCUT2D eigenvalue weighted by molar-refractivity contribution is 4.78. The van der Waals surface area contributed by atoms with Crippen molar-refractivity contribution in [2.45, 2.75) is 45.8 Å². The Bertz CT molecular complexity index is 125. The molecular formula is C10H21NO. The second kappa shape index (κ2) is 4.83. The van der Waals surface area contributed by atoms with E-state index in [1.54, 1.807) is 0 Å². The maximum absolute atomic E-state index is 5.46. The topological polar surface area (TPSA) is 21.3 Å². The van der Waals surface area contributed by atoms with Gasteiger partial charge in [0.1, 0.15) is 0 Å². The monoisotopic (exact) mass is 171 g/mol. The fourth-order valence-corrected chi connectivity index (χ4v) is 1.56. The molecule has 1 saturated heterocycles. The van der Waals surface area contributed by atoms with E-state index in [4.69, 9.17) is 4.74 Å². The molecule has 0 bridgehead atoms. The lowest BCUT2D eigenvalue weighted by Gasteiger charge is -2.16. The van der Waals surface area contributed by atoms with Crippen LogP contribution in [0.15, 0.2) is 0 Å². The minimum atomic E-state index is 0.414. The SMILES string of the molecule is CC(C)CCN[C@H]1CCO[C@@H]1C. The molecule has 0 saturated carbocycles. The van der Waals surface area contributed by atoms with Crippen molar-refractivity contribution in [1.29, 1.82) is 0 Å². The molecule has 0 aromatic heterocycles. The van der Waals surface area contributed by atoms with Gasteiger partial charge in [0, 0.05) is 12.6 Å². The normalized spacial score (nSPS) is 30.0. The van der Waals surface area contributed by atoms with E-state index >= 15 is 0 Å². The number of ether oxygens (including phenoxy) is 1. The van der Waals surface area contributed by atoms with Crippen LogP contribution in [0.4, 0.5) is 0 Å². The zero-order chi connectivity index (χ0) is 8.97.